The Morgan fingerprint density at radius 3 is 2.50 bits per heavy atom. The van der Waals surface area contributed by atoms with Gasteiger partial charge in [0.1, 0.15) is 11.9 Å². The van der Waals surface area contributed by atoms with Gasteiger partial charge in [-0.25, -0.2) is 4.39 Å². The van der Waals surface area contributed by atoms with E-state index in [1.165, 1.54) is 18.6 Å². The summed E-state index contributed by atoms with van der Waals surface area (Å²) in [5.41, 5.74) is 1.33. The molecule has 1 heterocycles. The predicted molar refractivity (Wildman–Crippen MR) is 66.7 cm³/mol. The molecule has 1 atom stereocenters. The molecule has 0 aliphatic heterocycles. The van der Waals surface area contributed by atoms with Crippen LogP contribution in [0.15, 0.2) is 59.4 Å². The van der Waals surface area contributed by atoms with Gasteiger partial charge in [0.15, 0.2) is 0 Å². The minimum absolute atomic E-state index is 0.284. The third kappa shape index (κ3) is 1.69. The Hall–Kier alpha value is -2.13. The van der Waals surface area contributed by atoms with Crippen LogP contribution >= 0.6 is 0 Å². The van der Waals surface area contributed by atoms with E-state index in [0.29, 0.717) is 21.9 Å². The summed E-state index contributed by atoms with van der Waals surface area (Å²) in [6, 6.07) is 11.8. The molecule has 0 fully saturated rings. The highest BCUT2D eigenvalue weighted by Crippen LogP contribution is 2.30. The van der Waals surface area contributed by atoms with Crippen molar-refractivity contribution in [3.8, 4) is 0 Å². The first kappa shape index (κ1) is 11.0. The van der Waals surface area contributed by atoms with Crippen LogP contribution in [0.2, 0.25) is 0 Å². The van der Waals surface area contributed by atoms with Crippen LogP contribution < -0.4 is 0 Å². The molecule has 0 aliphatic rings. The van der Waals surface area contributed by atoms with Gasteiger partial charge in [-0.3, -0.25) is 0 Å². The van der Waals surface area contributed by atoms with Crippen molar-refractivity contribution in [2.24, 2.45) is 0 Å². The van der Waals surface area contributed by atoms with Crippen molar-refractivity contribution in [1.82, 2.24) is 0 Å². The molecule has 1 aromatic heterocycles. The van der Waals surface area contributed by atoms with E-state index in [4.69, 9.17) is 4.42 Å². The Morgan fingerprint density at radius 2 is 1.78 bits per heavy atom. The Kier molecular flexibility index (Phi) is 2.61. The lowest BCUT2D eigenvalue weighted by molar-refractivity contribution is 0.221. The Bertz CT molecular complexity index is 674. The van der Waals surface area contributed by atoms with E-state index in [-0.39, 0.29) is 5.82 Å². The summed E-state index contributed by atoms with van der Waals surface area (Å²) in [4.78, 5) is 0. The van der Waals surface area contributed by atoms with Crippen LogP contribution in [-0.2, 0) is 0 Å². The molecule has 3 heteroatoms. The average molecular weight is 242 g/mol. The molecule has 3 aromatic rings. The molecule has 0 bridgehead atoms. The van der Waals surface area contributed by atoms with Gasteiger partial charge in [-0.05, 0) is 23.1 Å². The second-order valence-electron chi connectivity index (χ2n) is 4.14. The number of benzene rings is 2. The van der Waals surface area contributed by atoms with Gasteiger partial charge in [-0.15, -0.1) is 0 Å². The van der Waals surface area contributed by atoms with Gasteiger partial charge in [0.05, 0.1) is 12.5 Å². The summed E-state index contributed by atoms with van der Waals surface area (Å²) in [5, 5.41) is 11.5. The van der Waals surface area contributed by atoms with E-state index in [0.717, 1.165) is 0 Å². The van der Waals surface area contributed by atoms with Crippen molar-refractivity contribution in [2.45, 2.75) is 6.10 Å². The van der Waals surface area contributed by atoms with Gasteiger partial charge in [-0.2, -0.15) is 0 Å². The molecule has 18 heavy (non-hydrogen) atoms. The molecule has 0 aliphatic carbocycles. The molecule has 2 nitrogen and oxygen atoms in total. The quantitative estimate of drug-likeness (QED) is 0.744. The Balaban J connectivity index is 2.21. The van der Waals surface area contributed by atoms with Crippen LogP contribution in [0.5, 0.6) is 0 Å². The van der Waals surface area contributed by atoms with E-state index in [9.17, 15) is 9.50 Å². The molecule has 1 N–H and O–H groups in total. The molecule has 90 valence electrons. The zero-order valence-electron chi connectivity index (χ0n) is 9.51. The lowest BCUT2D eigenvalue weighted by Crippen LogP contribution is -1.99. The molecular weight excluding hydrogens is 231 g/mol. The number of hydrogen-bond acceptors (Lipinski definition) is 2. The molecule has 0 saturated heterocycles. The van der Waals surface area contributed by atoms with Crippen molar-refractivity contribution in [1.29, 1.82) is 0 Å². The minimum atomic E-state index is -0.811. The van der Waals surface area contributed by atoms with Crippen molar-refractivity contribution >= 4 is 10.8 Å². The number of rotatable bonds is 2. The zero-order chi connectivity index (χ0) is 12.5. The van der Waals surface area contributed by atoms with Gasteiger partial charge < -0.3 is 9.52 Å². The van der Waals surface area contributed by atoms with Gasteiger partial charge in [-0.1, -0.05) is 30.3 Å². The number of aliphatic hydroxyl groups excluding tert-OH is 1. The maximum atomic E-state index is 13.7. The lowest BCUT2D eigenvalue weighted by atomic mass is 9.97. The highest BCUT2D eigenvalue weighted by Gasteiger charge is 2.15. The number of furan rings is 1. The fraction of sp³-hybridized carbons (Fsp3) is 0.0667. The number of fused-ring (bicyclic) bond motifs is 1. The number of aliphatic hydroxyl groups is 1. The van der Waals surface area contributed by atoms with Crippen LogP contribution in [0.1, 0.15) is 17.2 Å². The highest BCUT2D eigenvalue weighted by molar-refractivity contribution is 5.86. The molecule has 3 rings (SSSR count). The molecule has 0 radical (unpaired) electrons. The first-order valence-corrected chi connectivity index (χ1v) is 5.64. The van der Waals surface area contributed by atoms with E-state index in [2.05, 4.69) is 0 Å². The summed E-state index contributed by atoms with van der Waals surface area (Å²) in [7, 11) is 0. The molecule has 0 unspecified atom stereocenters. The molecular formula is C15H11FO2. The smallest absolute Gasteiger partial charge is 0.131 e. The van der Waals surface area contributed by atoms with Gasteiger partial charge in [0, 0.05) is 10.9 Å². The second-order valence-corrected chi connectivity index (χ2v) is 4.14. The molecule has 0 saturated carbocycles. The van der Waals surface area contributed by atoms with Crippen molar-refractivity contribution < 1.29 is 13.9 Å². The van der Waals surface area contributed by atoms with Crippen molar-refractivity contribution in [3.63, 3.8) is 0 Å². The largest absolute Gasteiger partial charge is 0.472 e. The van der Waals surface area contributed by atoms with Gasteiger partial charge in [0.25, 0.3) is 0 Å². The third-order valence-electron chi connectivity index (χ3n) is 3.06. The lowest BCUT2D eigenvalue weighted by Gasteiger charge is -2.12. The Morgan fingerprint density at radius 1 is 1.00 bits per heavy atom. The maximum Gasteiger partial charge on any atom is 0.131 e. The first-order valence-electron chi connectivity index (χ1n) is 5.64. The van der Waals surface area contributed by atoms with E-state index >= 15 is 0 Å². The second kappa shape index (κ2) is 4.27. The van der Waals surface area contributed by atoms with Crippen molar-refractivity contribution in [3.05, 3.63) is 71.9 Å². The minimum Gasteiger partial charge on any atom is -0.472 e. The van der Waals surface area contributed by atoms with Crippen LogP contribution in [-0.4, -0.2) is 5.11 Å². The summed E-state index contributed by atoms with van der Waals surface area (Å²) in [6.07, 6.45) is 2.18. The summed E-state index contributed by atoms with van der Waals surface area (Å²) < 4.78 is 18.6. The number of halogens is 1. The SMILES string of the molecule is O[C@H](c1ccoc1)c1ccc(F)c2ccccc12. The van der Waals surface area contributed by atoms with E-state index in [1.807, 2.05) is 6.07 Å². The fourth-order valence-electron chi connectivity index (χ4n) is 2.13. The summed E-state index contributed by atoms with van der Waals surface area (Å²) in [6.45, 7) is 0. The predicted octanol–water partition coefficient (Wildman–Crippen LogP) is 3.65. The zero-order valence-corrected chi connectivity index (χ0v) is 9.51. The van der Waals surface area contributed by atoms with Crippen LogP contribution in [0.3, 0.4) is 0 Å². The monoisotopic (exact) mass is 242 g/mol. The molecule has 0 spiro atoms. The Labute approximate surface area is 103 Å². The van der Waals surface area contributed by atoms with Crippen LogP contribution in [0, 0.1) is 5.82 Å². The van der Waals surface area contributed by atoms with Crippen molar-refractivity contribution in [2.75, 3.05) is 0 Å². The van der Waals surface area contributed by atoms with Crippen LogP contribution in [0.4, 0.5) is 4.39 Å². The van der Waals surface area contributed by atoms with E-state index < -0.39 is 6.10 Å². The third-order valence-corrected chi connectivity index (χ3v) is 3.06. The van der Waals surface area contributed by atoms with E-state index in [1.54, 1.807) is 30.3 Å². The molecule has 0 amide bonds. The number of hydrogen-bond donors (Lipinski definition) is 1. The standard InChI is InChI=1S/C15H11FO2/c16-14-6-5-13(11-3-1-2-4-12(11)14)15(17)10-7-8-18-9-10/h1-9,15,17H/t15-/m1/s1. The first-order chi connectivity index (χ1) is 8.77. The maximum absolute atomic E-state index is 13.7. The normalized spacial score (nSPS) is 12.8. The topological polar surface area (TPSA) is 33.4 Å². The fourth-order valence-corrected chi connectivity index (χ4v) is 2.13. The van der Waals surface area contributed by atoms with Crippen LogP contribution in [0.25, 0.3) is 10.8 Å². The summed E-state index contributed by atoms with van der Waals surface area (Å²) in [5.74, 6) is -0.284. The average Bonchev–Trinajstić information content (AvgIpc) is 2.93. The van der Waals surface area contributed by atoms with Gasteiger partial charge >= 0.3 is 0 Å². The van der Waals surface area contributed by atoms with Gasteiger partial charge in [0.2, 0.25) is 0 Å². The highest BCUT2D eigenvalue weighted by atomic mass is 19.1. The molecule has 2 aromatic carbocycles. The summed E-state index contributed by atoms with van der Waals surface area (Å²) >= 11 is 0.